The van der Waals surface area contributed by atoms with Gasteiger partial charge in [-0.05, 0) is 6.92 Å². The zero-order valence-electron chi connectivity index (χ0n) is 6.42. The Morgan fingerprint density at radius 1 is 1.75 bits per heavy atom. The molecule has 12 heavy (non-hydrogen) atoms. The van der Waals surface area contributed by atoms with Gasteiger partial charge in [-0.25, -0.2) is 4.79 Å². The minimum absolute atomic E-state index is 0.0992. The predicted octanol–water partition coefficient (Wildman–Crippen LogP) is 0.590. The van der Waals surface area contributed by atoms with Gasteiger partial charge in [0, 0.05) is 11.9 Å². The van der Waals surface area contributed by atoms with Gasteiger partial charge in [0.15, 0.2) is 0 Å². The highest BCUT2D eigenvalue weighted by Gasteiger charge is 2.14. The van der Waals surface area contributed by atoms with Crippen molar-refractivity contribution in [2.24, 2.45) is 0 Å². The summed E-state index contributed by atoms with van der Waals surface area (Å²) >= 11 is 0. The standard InChI is InChI=1S/C7H8N2O3/c1-4-6(7(11)12)5(2-8-4)9-3-10/h2-3,8H,1H3,(H,9,10)(H,11,12). The minimum Gasteiger partial charge on any atom is -0.478 e. The third-order valence-corrected chi connectivity index (χ3v) is 1.51. The average molecular weight is 168 g/mol. The molecule has 0 bridgehead atoms. The van der Waals surface area contributed by atoms with Gasteiger partial charge in [-0.2, -0.15) is 0 Å². The number of carboxylic acid groups (broad SMARTS) is 1. The van der Waals surface area contributed by atoms with E-state index in [1.807, 2.05) is 0 Å². The van der Waals surface area contributed by atoms with Crippen LogP contribution in [0.5, 0.6) is 0 Å². The molecule has 0 atom stereocenters. The molecule has 0 spiro atoms. The van der Waals surface area contributed by atoms with Crippen LogP contribution in [0.25, 0.3) is 0 Å². The molecule has 0 aliphatic carbocycles. The summed E-state index contributed by atoms with van der Waals surface area (Å²) in [5.41, 5.74) is 0.906. The second kappa shape index (κ2) is 3.08. The van der Waals surface area contributed by atoms with Crippen molar-refractivity contribution >= 4 is 18.1 Å². The normalized spacial score (nSPS) is 9.42. The van der Waals surface area contributed by atoms with Crippen molar-refractivity contribution in [2.75, 3.05) is 5.32 Å². The van der Waals surface area contributed by atoms with Crippen molar-refractivity contribution in [1.82, 2.24) is 4.98 Å². The molecule has 0 unspecified atom stereocenters. The molecule has 0 aliphatic heterocycles. The van der Waals surface area contributed by atoms with E-state index in [9.17, 15) is 9.59 Å². The van der Waals surface area contributed by atoms with Gasteiger partial charge in [0.25, 0.3) is 0 Å². The summed E-state index contributed by atoms with van der Waals surface area (Å²) in [6.45, 7) is 1.62. The summed E-state index contributed by atoms with van der Waals surface area (Å²) in [5.74, 6) is -1.06. The summed E-state index contributed by atoms with van der Waals surface area (Å²) in [4.78, 5) is 23.3. The second-order valence-electron chi connectivity index (χ2n) is 2.27. The van der Waals surface area contributed by atoms with Crippen LogP contribution in [0.15, 0.2) is 6.20 Å². The van der Waals surface area contributed by atoms with Gasteiger partial charge in [-0.15, -0.1) is 0 Å². The molecule has 5 nitrogen and oxygen atoms in total. The fourth-order valence-corrected chi connectivity index (χ4v) is 0.980. The first kappa shape index (κ1) is 8.32. The average Bonchev–Trinajstić information content (AvgIpc) is 2.32. The Kier molecular flexibility index (Phi) is 2.14. The van der Waals surface area contributed by atoms with E-state index in [1.165, 1.54) is 6.20 Å². The van der Waals surface area contributed by atoms with Gasteiger partial charge < -0.3 is 15.4 Å². The Bertz CT molecular complexity index is 316. The van der Waals surface area contributed by atoms with Crippen LogP contribution < -0.4 is 5.32 Å². The molecule has 3 N–H and O–H groups in total. The zero-order chi connectivity index (χ0) is 9.14. The minimum atomic E-state index is -1.06. The van der Waals surface area contributed by atoms with Gasteiger partial charge in [0.1, 0.15) is 5.56 Å². The summed E-state index contributed by atoms with van der Waals surface area (Å²) in [6, 6.07) is 0. The topological polar surface area (TPSA) is 82.2 Å². The number of amides is 1. The highest BCUT2D eigenvalue weighted by Crippen LogP contribution is 2.17. The number of H-pyrrole nitrogens is 1. The molecule has 0 radical (unpaired) electrons. The first-order valence-electron chi connectivity index (χ1n) is 3.28. The summed E-state index contributed by atoms with van der Waals surface area (Å²) in [7, 11) is 0. The van der Waals surface area contributed by atoms with Crippen molar-refractivity contribution in [3.05, 3.63) is 17.5 Å². The van der Waals surface area contributed by atoms with Crippen molar-refractivity contribution in [3.8, 4) is 0 Å². The lowest BCUT2D eigenvalue weighted by molar-refractivity contribution is -0.105. The zero-order valence-corrected chi connectivity index (χ0v) is 6.42. The molecule has 1 aromatic heterocycles. The van der Waals surface area contributed by atoms with Crippen molar-refractivity contribution in [1.29, 1.82) is 0 Å². The van der Waals surface area contributed by atoms with Gasteiger partial charge >= 0.3 is 5.97 Å². The van der Waals surface area contributed by atoms with Crippen LogP contribution in [0.3, 0.4) is 0 Å². The third-order valence-electron chi connectivity index (χ3n) is 1.51. The maximum atomic E-state index is 10.6. The molecule has 0 fully saturated rings. The van der Waals surface area contributed by atoms with Crippen LogP contribution in [0.4, 0.5) is 5.69 Å². The Morgan fingerprint density at radius 3 is 2.92 bits per heavy atom. The van der Waals surface area contributed by atoms with Crippen LogP contribution in [0.1, 0.15) is 16.1 Å². The summed E-state index contributed by atoms with van der Waals surface area (Å²) in [6.07, 6.45) is 1.88. The lowest BCUT2D eigenvalue weighted by Gasteiger charge is -1.96. The highest BCUT2D eigenvalue weighted by atomic mass is 16.4. The van der Waals surface area contributed by atoms with Crippen LogP contribution in [0, 0.1) is 6.92 Å². The molecule has 0 saturated carbocycles. The lowest BCUT2D eigenvalue weighted by Crippen LogP contribution is -2.02. The quantitative estimate of drug-likeness (QED) is 0.577. The maximum absolute atomic E-state index is 10.6. The molecule has 1 heterocycles. The third kappa shape index (κ3) is 1.29. The second-order valence-corrected chi connectivity index (χ2v) is 2.27. The number of hydrogen-bond donors (Lipinski definition) is 3. The number of aromatic amines is 1. The molecule has 5 heteroatoms. The number of hydrogen-bond acceptors (Lipinski definition) is 2. The molecule has 1 amide bonds. The van der Waals surface area contributed by atoms with Crippen LogP contribution in [0.2, 0.25) is 0 Å². The first-order chi connectivity index (χ1) is 5.66. The fourth-order valence-electron chi connectivity index (χ4n) is 0.980. The Morgan fingerprint density at radius 2 is 2.42 bits per heavy atom. The highest BCUT2D eigenvalue weighted by molar-refractivity contribution is 5.97. The first-order valence-corrected chi connectivity index (χ1v) is 3.28. The lowest BCUT2D eigenvalue weighted by atomic mass is 10.2. The Hall–Kier alpha value is -1.78. The van der Waals surface area contributed by atoms with E-state index < -0.39 is 5.97 Å². The summed E-state index contributed by atoms with van der Waals surface area (Å²) < 4.78 is 0. The fraction of sp³-hybridized carbons (Fsp3) is 0.143. The van der Waals surface area contributed by atoms with E-state index in [0.717, 1.165) is 0 Å². The van der Waals surface area contributed by atoms with E-state index in [-0.39, 0.29) is 11.3 Å². The van der Waals surface area contributed by atoms with Crippen molar-refractivity contribution < 1.29 is 14.7 Å². The monoisotopic (exact) mass is 168 g/mol. The van der Waals surface area contributed by atoms with E-state index in [4.69, 9.17) is 5.11 Å². The van der Waals surface area contributed by atoms with E-state index in [1.54, 1.807) is 6.92 Å². The Balaban J connectivity index is 3.11. The smallest absolute Gasteiger partial charge is 0.339 e. The number of carboxylic acids is 1. The van der Waals surface area contributed by atoms with Crippen LogP contribution >= 0.6 is 0 Å². The summed E-state index contributed by atoms with van der Waals surface area (Å²) in [5, 5.41) is 11.0. The molecule has 1 aromatic rings. The maximum Gasteiger partial charge on any atom is 0.339 e. The number of aromatic carboxylic acids is 1. The number of rotatable bonds is 3. The molecule has 0 aromatic carbocycles. The molecule has 1 rings (SSSR count). The number of aromatic nitrogens is 1. The Labute approximate surface area is 68.4 Å². The SMILES string of the molecule is Cc1[nH]cc(NC=O)c1C(=O)O. The van der Waals surface area contributed by atoms with Crippen LogP contribution in [-0.4, -0.2) is 22.5 Å². The number of carbonyl (C=O) groups is 2. The van der Waals surface area contributed by atoms with Crippen molar-refractivity contribution in [2.45, 2.75) is 6.92 Å². The van der Waals surface area contributed by atoms with Gasteiger partial charge in [0.2, 0.25) is 6.41 Å². The molecule has 0 saturated heterocycles. The van der Waals surface area contributed by atoms with Crippen LogP contribution in [-0.2, 0) is 4.79 Å². The van der Waals surface area contributed by atoms with E-state index in [2.05, 4.69) is 10.3 Å². The van der Waals surface area contributed by atoms with E-state index in [0.29, 0.717) is 12.1 Å². The molecular formula is C7H8N2O3. The number of anilines is 1. The molecule has 0 aliphatic rings. The number of aryl methyl sites for hydroxylation is 1. The van der Waals surface area contributed by atoms with E-state index >= 15 is 0 Å². The van der Waals surface area contributed by atoms with Gasteiger partial charge in [-0.3, -0.25) is 4.79 Å². The number of carbonyl (C=O) groups excluding carboxylic acids is 1. The van der Waals surface area contributed by atoms with Gasteiger partial charge in [0.05, 0.1) is 5.69 Å². The molecule has 64 valence electrons. The number of nitrogens with one attached hydrogen (secondary N) is 2. The van der Waals surface area contributed by atoms with Crippen molar-refractivity contribution in [3.63, 3.8) is 0 Å². The van der Waals surface area contributed by atoms with Gasteiger partial charge in [-0.1, -0.05) is 0 Å². The molecular weight excluding hydrogens is 160 g/mol. The predicted molar refractivity (Wildman–Crippen MR) is 42.2 cm³/mol. The largest absolute Gasteiger partial charge is 0.478 e.